The molecular formula is C24H26N6O. The SMILES string of the molecule is Cc1ccnn1-c1ccc(C(=O)N(c2cc3ccn(C)c3cn2)[C@@H]2CCCNC2)cc1. The van der Waals surface area contributed by atoms with E-state index in [9.17, 15) is 4.79 Å². The van der Waals surface area contributed by atoms with E-state index in [1.165, 1.54) is 0 Å². The maximum absolute atomic E-state index is 13.7. The fraction of sp³-hybridized carbons (Fsp3) is 0.292. The van der Waals surface area contributed by atoms with Crippen LogP contribution in [0.3, 0.4) is 0 Å². The first-order valence-electron chi connectivity index (χ1n) is 10.7. The van der Waals surface area contributed by atoms with E-state index in [0.29, 0.717) is 11.4 Å². The molecule has 1 atom stereocenters. The van der Waals surface area contributed by atoms with Crippen LogP contribution < -0.4 is 10.2 Å². The van der Waals surface area contributed by atoms with E-state index >= 15 is 0 Å². The fourth-order valence-electron chi connectivity index (χ4n) is 4.32. The summed E-state index contributed by atoms with van der Waals surface area (Å²) >= 11 is 0. The van der Waals surface area contributed by atoms with Gasteiger partial charge < -0.3 is 9.88 Å². The van der Waals surface area contributed by atoms with E-state index in [2.05, 4.69) is 21.5 Å². The van der Waals surface area contributed by atoms with E-state index in [-0.39, 0.29) is 11.9 Å². The molecule has 1 aliphatic rings. The molecule has 1 fully saturated rings. The summed E-state index contributed by atoms with van der Waals surface area (Å²) in [6, 6.07) is 13.8. The Labute approximate surface area is 181 Å². The predicted molar refractivity (Wildman–Crippen MR) is 122 cm³/mol. The Morgan fingerprint density at radius 3 is 2.74 bits per heavy atom. The number of nitrogens with one attached hydrogen (secondary N) is 1. The van der Waals surface area contributed by atoms with Crippen molar-refractivity contribution in [3.05, 3.63) is 72.3 Å². The van der Waals surface area contributed by atoms with Gasteiger partial charge in [0.2, 0.25) is 0 Å². The topological polar surface area (TPSA) is 68.0 Å². The summed E-state index contributed by atoms with van der Waals surface area (Å²) in [6.07, 6.45) is 7.64. The molecule has 7 nitrogen and oxygen atoms in total. The quantitative estimate of drug-likeness (QED) is 0.555. The molecule has 31 heavy (non-hydrogen) atoms. The first kappa shape index (κ1) is 19.5. The molecule has 0 saturated carbocycles. The van der Waals surface area contributed by atoms with Crippen molar-refractivity contribution in [2.24, 2.45) is 7.05 Å². The van der Waals surface area contributed by atoms with Crippen molar-refractivity contribution in [1.82, 2.24) is 24.6 Å². The number of hydrogen-bond acceptors (Lipinski definition) is 4. The number of amides is 1. The summed E-state index contributed by atoms with van der Waals surface area (Å²) in [6.45, 7) is 3.77. The minimum atomic E-state index is -0.0276. The summed E-state index contributed by atoms with van der Waals surface area (Å²) < 4.78 is 3.90. The Bertz CT molecular complexity index is 1220. The number of benzene rings is 1. The van der Waals surface area contributed by atoms with Gasteiger partial charge in [-0.3, -0.25) is 9.69 Å². The van der Waals surface area contributed by atoms with Crippen LogP contribution in [0.2, 0.25) is 0 Å². The van der Waals surface area contributed by atoms with Crippen LogP contribution in [0.5, 0.6) is 0 Å². The second-order valence-electron chi connectivity index (χ2n) is 8.13. The molecule has 0 aliphatic carbocycles. The standard InChI is InChI=1S/C24H26N6O/c1-17-9-12-27-30(17)20-7-5-18(6-8-20)24(31)29(21-4-3-11-25-15-21)23-14-19-10-13-28(2)22(19)16-26-23/h5-10,12-14,16,21,25H,3-4,11,15H2,1-2H3/t21-/m1/s1. The summed E-state index contributed by atoms with van der Waals surface area (Å²) in [4.78, 5) is 20.2. The van der Waals surface area contributed by atoms with Gasteiger partial charge in [-0.15, -0.1) is 0 Å². The van der Waals surface area contributed by atoms with Crippen molar-refractivity contribution in [3.63, 3.8) is 0 Å². The minimum Gasteiger partial charge on any atom is -0.349 e. The zero-order valence-electron chi connectivity index (χ0n) is 17.8. The number of hydrogen-bond donors (Lipinski definition) is 1. The van der Waals surface area contributed by atoms with E-state index in [4.69, 9.17) is 0 Å². The van der Waals surface area contributed by atoms with Gasteiger partial charge in [-0.25, -0.2) is 9.67 Å². The third-order valence-electron chi connectivity index (χ3n) is 6.05. The van der Waals surface area contributed by atoms with Gasteiger partial charge in [-0.05, 0) is 68.8 Å². The second kappa shape index (κ2) is 8.00. The highest BCUT2D eigenvalue weighted by Gasteiger charge is 2.29. The summed E-state index contributed by atoms with van der Waals surface area (Å²) in [5, 5.41) is 8.86. The Hall–Kier alpha value is -3.45. The monoisotopic (exact) mass is 414 g/mol. The van der Waals surface area contributed by atoms with Crippen LogP contribution in [0.15, 0.2) is 61.1 Å². The molecule has 0 unspecified atom stereocenters. The lowest BCUT2D eigenvalue weighted by atomic mass is 10.0. The molecule has 0 radical (unpaired) electrons. The van der Waals surface area contributed by atoms with Gasteiger partial charge in [0.15, 0.2) is 0 Å². The van der Waals surface area contributed by atoms with Gasteiger partial charge in [0.05, 0.1) is 23.4 Å². The highest BCUT2D eigenvalue weighted by atomic mass is 16.2. The highest BCUT2D eigenvalue weighted by Crippen LogP contribution is 2.26. The lowest BCUT2D eigenvalue weighted by molar-refractivity contribution is 0.0971. The van der Waals surface area contributed by atoms with Crippen molar-refractivity contribution in [1.29, 1.82) is 0 Å². The predicted octanol–water partition coefficient (Wildman–Crippen LogP) is 3.47. The number of aryl methyl sites for hydroxylation is 2. The van der Waals surface area contributed by atoms with Crippen molar-refractivity contribution in [2.75, 3.05) is 18.0 Å². The van der Waals surface area contributed by atoms with Crippen LogP contribution in [0.25, 0.3) is 16.6 Å². The van der Waals surface area contributed by atoms with Crippen LogP contribution >= 0.6 is 0 Å². The molecule has 7 heteroatoms. The van der Waals surface area contributed by atoms with E-state index in [0.717, 1.165) is 48.2 Å². The Kier molecular flexibility index (Phi) is 5.03. The van der Waals surface area contributed by atoms with Gasteiger partial charge in [0.1, 0.15) is 5.82 Å². The average Bonchev–Trinajstić information content (AvgIpc) is 3.40. The van der Waals surface area contributed by atoms with Gasteiger partial charge in [0.25, 0.3) is 5.91 Å². The summed E-state index contributed by atoms with van der Waals surface area (Å²) in [5.41, 5.74) is 3.69. The van der Waals surface area contributed by atoms with Crippen molar-refractivity contribution in [2.45, 2.75) is 25.8 Å². The molecule has 4 heterocycles. The van der Waals surface area contributed by atoms with E-state index in [1.807, 2.05) is 76.9 Å². The van der Waals surface area contributed by atoms with Crippen LogP contribution in [-0.2, 0) is 7.05 Å². The number of nitrogens with zero attached hydrogens (tertiary/aromatic N) is 5. The number of piperidine rings is 1. The molecule has 1 N–H and O–H groups in total. The number of carbonyl (C=O) groups is 1. The number of fused-ring (bicyclic) bond motifs is 1. The first-order chi connectivity index (χ1) is 15.1. The second-order valence-corrected chi connectivity index (χ2v) is 8.13. The van der Waals surface area contributed by atoms with Crippen molar-refractivity contribution < 1.29 is 4.79 Å². The highest BCUT2D eigenvalue weighted by molar-refractivity contribution is 6.06. The van der Waals surface area contributed by atoms with Crippen LogP contribution in [0.1, 0.15) is 28.9 Å². The largest absolute Gasteiger partial charge is 0.349 e. The molecule has 4 aromatic rings. The number of pyridine rings is 1. The maximum Gasteiger partial charge on any atom is 0.259 e. The Balaban J connectivity index is 1.51. The third kappa shape index (κ3) is 3.61. The number of anilines is 1. The molecule has 1 aromatic carbocycles. The molecular weight excluding hydrogens is 388 g/mol. The van der Waals surface area contributed by atoms with Gasteiger partial charge in [-0.2, -0.15) is 5.10 Å². The van der Waals surface area contributed by atoms with E-state index < -0.39 is 0 Å². The molecule has 0 spiro atoms. The van der Waals surface area contributed by atoms with Gasteiger partial charge in [0, 0.05) is 42.6 Å². The zero-order chi connectivity index (χ0) is 21.4. The van der Waals surface area contributed by atoms with Crippen molar-refractivity contribution in [3.8, 4) is 5.69 Å². The Morgan fingerprint density at radius 2 is 2.03 bits per heavy atom. The molecule has 5 rings (SSSR count). The third-order valence-corrected chi connectivity index (χ3v) is 6.05. The molecule has 158 valence electrons. The molecule has 1 saturated heterocycles. The maximum atomic E-state index is 13.7. The van der Waals surface area contributed by atoms with E-state index in [1.54, 1.807) is 6.20 Å². The number of aromatic nitrogens is 4. The average molecular weight is 415 g/mol. The smallest absolute Gasteiger partial charge is 0.259 e. The Morgan fingerprint density at radius 1 is 1.19 bits per heavy atom. The zero-order valence-corrected chi connectivity index (χ0v) is 17.8. The van der Waals surface area contributed by atoms with Crippen molar-refractivity contribution >= 4 is 22.6 Å². The fourth-order valence-corrected chi connectivity index (χ4v) is 4.32. The number of rotatable bonds is 4. The summed E-state index contributed by atoms with van der Waals surface area (Å²) in [7, 11) is 2.00. The molecule has 1 amide bonds. The van der Waals surface area contributed by atoms with Gasteiger partial charge in [-0.1, -0.05) is 0 Å². The van der Waals surface area contributed by atoms with Crippen LogP contribution in [-0.4, -0.2) is 44.4 Å². The number of carbonyl (C=O) groups excluding carboxylic acids is 1. The molecule has 1 aliphatic heterocycles. The lowest BCUT2D eigenvalue weighted by Gasteiger charge is -2.34. The van der Waals surface area contributed by atoms with Crippen LogP contribution in [0, 0.1) is 6.92 Å². The first-order valence-corrected chi connectivity index (χ1v) is 10.7. The summed E-state index contributed by atoms with van der Waals surface area (Å²) in [5.74, 6) is 0.671. The van der Waals surface area contributed by atoms with Gasteiger partial charge >= 0.3 is 0 Å². The minimum absolute atomic E-state index is 0.0276. The molecule has 0 bridgehead atoms. The van der Waals surface area contributed by atoms with Crippen LogP contribution in [0.4, 0.5) is 5.82 Å². The lowest BCUT2D eigenvalue weighted by Crippen LogP contribution is -2.49. The normalized spacial score (nSPS) is 16.5. The molecule has 3 aromatic heterocycles.